The summed E-state index contributed by atoms with van der Waals surface area (Å²) >= 11 is 1.36. The minimum Gasteiger partial charge on any atom is -0.397 e. The van der Waals surface area contributed by atoms with Crippen molar-refractivity contribution < 1.29 is 0 Å². The summed E-state index contributed by atoms with van der Waals surface area (Å²) in [4.78, 5) is 4.16. The highest BCUT2D eigenvalue weighted by Gasteiger charge is 2.09. The van der Waals surface area contributed by atoms with Crippen LogP contribution in [-0.4, -0.2) is 25.2 Å². The van der Waals surface area contributed by atoms with Gasteiger partial charge in [0.2, 0.25) is 5.16 Å². The van der Waals surface area contributed by atoms with E-state index < -0.39 is 0 Å². The maximum atomic E-state index is 5.77. The molecule has 0 aliphatic heterocycles. The third-order valence-electron chi connectivity index (χ3n) is 1.79. The van der Waals surface area contributed by atoms with E-state index in [2.05, 4.69) is 20.5 Å². The van der Waals surface area contributed by atoms with E-state index in [4.69, 9.17) is 5.73 Å². The van der Waals surface area contributed by atoms with Crippen LogP contribution in [0.5, 0.6) is 0 Å². The molecule has 15 heavy (non-hydrogen) atoms. The van der Waals surface area contributed by atoms with Crippen molar-refractivity contribution in [3.63, 3.8) is 0 Å². The molecule has 2 heterocycles. The molecule has 0 aromatic carbocycles. The first kappa shape index (κ1) is 9.91. The van der Waals surface area contributed by atoms with Crippen molar-refractivity contribution in [1.82, 2.24) is 25.2 Å². The van der Waals surface area contributed by atoms with Gasteiger partial charge in [-0.05, 0) is 41.2 Å². The molecule has 0 amide bonds. The van der Waals surface area contributed by atoms with Crippen LogP contribution in [0.2, 0.25) is 0 Å². The molecular weight excluding hydrogens is 212 g/mol. The van der Waals surface area contributed by atoms with E-state index in [1.807, 2.05) is 6.92 Å². The predicted molar refractivity (Wildman–Crippen MR) is 56.3 cm³/mol. The van der Waals surface area contributed by atoms with Gasteiger partial charge >= 0.3 is 0 Å². The number of nitrogens with zero attached hydrogens (tertiary/aromatic N) is 5. The molecule has 0 spiro atoms. The molecular formula is C8H10N6S. The van der Waals surface area contributed by atoms with Gasteiger partial charge in [-0.25, -0.2) is 9.67 Å². The van der Waals surface area contributed by atoms with Gasteiger partial charge in [0.25, 0.3) is 0 Å². The number of tetrazole rings is 1. The Morgan fingerprint density at radius 3 is 3.13 bits per heavy atom. The summed E-state index contributed by atoms with van der Waals surface area (Å²) in [6.45, 7) is 2.70. The third kappa shape index (κ3) is 2.07. The summed E-state index contributed by atoms with van der Waals surface area (Å²) in [7, 11) is 0. The molecule has 2 aromatic rings. The van der Waals surface area contributed by atoms with Crippen LogP contribution < -0.4 is 5.73 Å². The third-order valence-corrected chi connectivity index (χ3v) is 2.80. The number of hydrogen-bond donors (Lipinski definition) is 1. The first-order chi connectivity index (χ1) is 7.31. The number of rotatable bonds is 3. The Labute approximate surface area is 90.9 Å². The molecule has 2 rings (SSSR count). The van der Waals surface area contributed by atoms with Crippen LogP contribution in [0, 0.1) is 0 Å². The summed E-state index contributed by atoms with van der Waals surface area (Å²) in [6.07, 6.45) is 1.69. The first-order valence-electron chi connectivity index (χ1n) is 4.45. The Bertz CT molecular complexity index is 454. The zero-order valence-electron chi connectivity index (χ0n) is 8.16. The van der Waals surface area contributed by atoms with Crippen molar-refractivity contribution in [3.8, 4) is 0 Å². The lowest BCUT2D eigenvalue weighted by Crippen LogP contribution is -1.99. The zero-order chi connectivity index (χ0) is 10.7. The molecule has 6 nitrogen and oxygen atoms in total. The maximum Gasteiger partial charge on any atom is 0.215 e. The number of nitrogen functional groups attached to an aromatic ring is 1. The fourth-order valence-electron chi connectivity index (χ4n) is 1.04. The standard InChI is InChI=1S/C8H10N6S/c1-2-14-8(11-12-13-14)15-7-6(9)4-3-5-10-7/h3-5H,2,9H2,1H3. The largest absolute Gasteiger partial charge is 0.397 e. The van der Waals surface area contributed by atoms with Crippen LogP contribution in [0.15, 0.2) is 28.5 Å². The Kier molecular flexibility index (Phi) is 2.82. The molecule has 2 aromatic heterocycles. The van der Waals surface area contributed by atoms with Gasteiger partial charge in [0.15, 0.2) is 0 Å². The van der Waals surface area contributed by atoms with Crippen LogP contribution in [0.3, 0.4) is 0 Å². The quantitative estimate of drug-likeness (QED) is 0.828. The molecule has 78 valence electrons. The van der Waals surface area contributed by atoms with Crippen molar-refractivity contribution in [2.24, 2.45) is 0 Å². The summed E-state index contributed by atoms with van der Waals surface area (Å²) in [5.41, 5.74) is 6.40. The molecule has 0 fully saturated rings. The van der Waals surface area contributed by atoms with Crippen LogP contribution in [0.1, 0.15) is 6.92 Å². The molecule has 0 saturated carbocycles. The number of hydrogen-bond acceptors (Lipinski definition) is 6. The molecule has 2 N–H and O–H groups in total. The van der Waals surface area contributed by atoms with Crippen LogP contribution >= 0.6 is 11.8 Å². The lowest BCUT2D eigenvalue weighted by molar-refractivity contribution is 0.581. The number of pyridine rings is 1. The van der Waals surface area contributed by atoms with Gasteiger partial charge in [0, 0.05) is 12.7 Å². The Balaban J connectivity index is 2.26. The molecule has 7 heteroatoms. The van der Waals surface area contributed by atoms with Gasteiger partial charge in [-0.15, -0.1) is 5.10 Å². The number of aryl methyl sites for hydroxylation is 1. The van der Waals surface area contributed by atoms with E-state index in [1.165, 1.54) is 11.8 Å². The minimum atomic E-state index is 0.633. The Morgan fingerprint density at radius 2 is 2.40 bits per heavy atom. The van der Waals surface area contributed by atoms with Crippen molar-refractivity contribution >= 4 is 17.4 Å². The normalized spacial score (nSPS) is 10.5. The van der Waals surface area contributed by atoms with E-state index in [-0.39, 0.29) is 0 Å². The number of anilines is 1. The van der Waals surface area contributed by atoms with Crippen molar-refractivity contribution in [2.45, 2.75) is 23.7 Å². The maximum absolute atomic E-state index is 5.77. The molecule has 0 aliphatic rings. The molecule has 0 unspecified atom stereocenters. The van der Waals surface area contributed by atoms with Crippen molar-refractivity contribution in [1.29, 1.82) is 0 Å². The molecule has 0 bridgehead atoms. The molecule has 0 aliphatic carbocycles. The van der Waals surface area contributed by atoms with Gasteiger partial charge in [0.1, 0.15) is 5.03 Å². The highest BCUT2D eigenvalue weighted by molar-refractivity contribution is 7.99. The van der Waals surface area contributed by atoms with Crippen LogP contribution in [0.25, 0.3) is 0 Å². The molecule has 0 saturated heterocycles. The van der Waals surface area contributed by atoms with Gasteiger partial charge in [-0.3, -0.25) is 0 Å². The summed E-state index contributed by atoms with van der Waals surface area (Å²) in [5.74, 6) is 0. The number of aromatic nitrogens is 5. The molecule has 0 radical (unpaired) electrons. The highest BCUT2D eigenvalue weighted by Crippen LogP contribution is 2.27. The van der Waals surface area contributed by atoms with Crippen molar-refractivity contribution in [2.75, 3.05) is 5.73 Å². The number of nitrogens with two attached hydrogens (primary N) is 1. The smallest absolute Gasteiger partial charge is 0.215 e. The van der Waals surface area contributed by atoms with Gasteiger partial charge in [-0.1, -0.05) is 0 Å². The fourth-order valence-corrected chi connectivity index (χ4v) is 1.86. The Hall–Kier alpha value is -1.63. The van der Waals surface area contributed by atoms with E-state index in [9.17, 15) is 0 Å². The fraction of sp³-hybridized carbons (Fsp3) is 0.250. The van der Waals surface area contributed by atoms with Crippen LogP contribution in [-0.2, 0) is 6.54 Å². The second-order valence-electron chi connectivity index (χ2n) is 2.78. The topological polar surface area (TPSA) is 82.5 Å². The van der Waals surface area contributed by atoms with Gasteiger partial charge in [-0.2, -0.15) is 0 Å². The van der Waals surface area contributed by atoms with E-state index in [0.717, 1.165) is 11.6 Å². The SMILES string of the molecule is CCn1nnnc1Sc1ncccc1N. The lowest BCUT2D eigenvalue weighted by Gasteiger charge is -2.02. The van der Waals surface area contributed by atoms with E-state index >= 15 is 0 Å². The zero-order valence-corrected chi connectivity index (χ0v) is 8.98. The monoisotopic (exact) mass is 222 g/mol. The predicted octanol–water partition coefficient (Wildman–Crippen LogP) is 0.821. The Morgan fingerprint density at radius 1 is 1.53 bits per heavy atom. The van der Waals surface area contributed by atoms with E-state index in [0.29, 0.717) is 10.8 Å². The van der Waals surface area contributed by atoms with E-state index in [1.54, 1.807) is 23.0 Å². The summed E-state index contributed by atoms with van der Waals surface area (Å²) in [6, 6.07) is 3.59. The first-order valence-corrected chi connectivity index (χ1v) is 5.27. The second-order valence-corrected chi connectivity index (χ2v) is 3.73. The van der Waals surface area contributed by atoms with Gasteiger partial charge in [0.05, 0.1) is 5.69 Å². The minimum absolute atomic E-state index is 0.633. The molecule has 0 atom stereocenters. The second kappa shape index (κ2) is 4.26. The van der Waals surface area contributed by atoms with Gasteiger partial charge < -0.3 is 5.73 Å². The average Bonchev–Trinajstić information content (AvgIpc) is 2.69. The average molecular weight is 222 g/mol. The van der Waals surface area contributed by atoms with Crippen LogP contribution in [0.4, 0.5) is 5.69 Å². The summed E-state index contributed by atoms with van der Waals surface area (Å²) < 4.78 is 1.69. The highest BCUT2D eigenvalue weighted by atomic mass is 32.2. The summed E-state index contributed by atoms with van der Waals surface area (Å²) in [5, 5.41) is 12.7. The van der Waals surface area contributed by atoms with Crippen molar-refractivity contribution in [3.05, 3.63) is 18.3 Å². The lowest BCUT2D eigenvalue weighted by atomic mass is 10.4.